The maximum absolute atomic E-state index is 14.4. The molecule has 50 heavy (non-hydrogen) atoms. The molecule has 260 valence electrons. The van der Waals surface area contributed by atoms with Crippen molar-refractivity contribution in [3.8, 4) is 5.75 Å². The molecule has 0 bridgehead atoms. The van der Waals surface area contributed by atoms with E-state index in [4.69, 9.17) is 42.8 Å². The molecule has 0 saturated heterocycles. The third-order valence-electron chi connectivity index (χ3n) is 7.66. The molecule has 1 aliphatic heterocycles. The molecule has 10 nitrogen and oxygen atoms in total. The molecule has 4 aromatic rings. The minimum absolute atomic E-state index is 0.0317. The van der Waals surface area contributed by atoms with Gasteiger partial charge in [-0.3, -0.25) is 10.2 Å². The summed E-state index contributed by atoms with van der Waals surface area (Å²) in [7, 11) is 0. The molecular weight excluding hydrogens is 703 g/mol. The van der Waals surface area contributed by atoms with Crippen LogP contribution in [-0.4, -0.2) is 35.7 Å². The highest BCUT2D eigenvalue weighted by Crippen LogP contribution is 2.46. The molecule has 1 aliphatic rings. The Morgan fingerprint density at radius 2 is 1.84 bits per heavy atom. The lowest BCUT2D eigenvalue weighted by Gasteiger charge is -2.31. The summed E-state index contributed by atoms with van der Waals surface area (Å²) < 4.78 is 66.1. The van der Waals surface area contributed by atoms with Crippen molar-refractivity contribution in [2.75, 3.05) is 13.2 Å². The van der Waals surface area contributed by atoms with Gasteiger partial charge in [-0.05, 0) is 71.3 Å². The molecule has 3 N–H and O–H groups in total. The Hall–Kier alpha value is -4.85. The maximum Gasteiger partial charge on any atom is 0.416 e. The molecule has 0 aliphatic carbocycles. The average molecular weight is 732 g/mol. The lowest BCUT2D eigenvalue weighted by atomic mass is 9.81. The summed E-state index contributed by atoms with van der Waals surface area (Å²) in [5.74, 6) is -1.34. The summed E-state index contributed by atoms with van der Waals surface area (Å²) >= 11 is 12.9. The van der Waals surface area contributed by atoms with Crippen molar-refractivity contribution in [1.29, 1.82) is 0 Å². The van der Waals surface area contributed by atoms with E-state index in [1.165, 1.54) is 6.07 Å². The van der Waals surface area contributed by atoms with Gasteiger partial charge in [0.1, 0.15) is 11.6 Å². The Morgan fingerprint density at radius 3 is 2.54 bits per heavy atom. The molecular formula is C34H28Cl2F4N6O4. The van der Waals surface area contributed by atoms with Gasteiger partial charge in [0.25, 0.3) is 5.91 Å². The smallest absolute Gasteiger partial charge is 0.416 e. The number of hydrogen-bond donors (Lipinski definition) is 3. The second-order valence-corrected chi connectivity index (χ2v) is 11.9. The molecule has 0 unspecified atom stereocenters. The molecule has 0 fully saturated rings. The van der Waals surface area contributed by atoms with E-state index in [2.05, 4.69) is 20.9 Å². The number of nitrogens with one attached hydrogen (secondary N) is 2. The van der Waals surface area contributed by atoms with Gasteiger partial charge in [0.15, 0.2) is 11.6 Å². The third kappa shape index (κ3) is 8.47. The number of carbonyl (C=O) groups excluding carboxylic acids is 1. The van der Waals surface area contributed by atoms with E-state index in [0.29, 0.717) is 46.6 Å². The largest absolute Gasteiger partial charge is 0.494 e. The van der Waals surface area contributed by atoms with E-state index in [1.807, 2.05) is 0 Å². The second kappa shape index (κ2) is 15.8. The molecule has 0 radical (unpaired) electrons. The number of alkyl halides is 3. The molecule has 0 spiro atoms. The zero-order chi connectivity index (χ0) is 35.9. The number of azide groups is 1. The second-order valence-electron chi connectivity index (χ2n) is 11.1. The Bertz CT molecular complexity index is 1940. The van der Waals surface area contributed by atoms with E-state index in [9.17, 15) is 27.9 Å². The highest BCUT2D eigenvalue weighted by atomic mass is 35.5. The van der Waals surface area contributed by atoms with Gasteiger partial charge >= 0.3 is 6.18 Å². The monoisotopic (exact) mass is 730 g/mol. The first-order valence-electron chi connectivity index (χ1n) is 15.0. The van der Waals surface area contributed by atoms with Gasteiger partial charge in [0.2, 0.25) is 5.90 Å². The van der Waals surface area contributed by atoms with Gasteiger partial charge < -0.3 is 14.6 Å². The summed E-state index contributed by atoms with van der Waals surface area (Å²) in [6.07, 6.45) is -5.77. The molecule has 2 atom stereocenters. The Kier molecular flexibility index (Phi) is 11.5. The van der Waals surface area contributed by atoms with Crippen molar-refractivity contribution >= 4 is 40.7 Å². The van der Waals surface area contributed by atoms with E-state index >= 15 is 0 Å². The van der Waals surface area contributed by atoms with Crippen LogP contribution in [0.2, 0.25) is 10.0 Å². The van der Waals surface area contributed by atoms with Crippen LogP contribution in [0.25, 0.3) is 10.4 Å². The summed E-state index contributed by atoms with van der Waals surface area (Å²) in [4.78, 5) is 22.2. The van der Waals surface area contributed by atoms with Gasteiger partial charge in [-0.15, -0.1) is 0 Å². The fourth-order valence-electron chi connectivity index (χ4n) is 5.32. The summed E-state index contributed by atoms with van der Waals surface area (Å²) in [6, 6.07) is 19.8. The van der Waals surface area contributed by atoms with Gasteiger partial charge in [-0.25, -0.2) is 14.8 Å². The molecule has 16 heteroatoms. The van der Waals surface area contributed by atoms with Crippen LogP contribution in [0.3, 0.4) is 0 Å². The van der Waals surface area contributed by atoms with Crippen molar-refractivity contribution < 1.29 is 36.9 Å². The van der Waals surface area contributed by atoms with E-state index in [-0.39, 0.29) is 41.7 Å². The highest BCUT2D eigenvalue weighted by molar-refractivity contribution is 6.35. The van der Waals surface area contributed by atoms with Crippen LogP contribution in [0.4, 0.5) is 23.2 Å². The van der Waals surface area contributed by atoms with Crippen molar-refractivity contribution in [2.24, 2.45) is 10.1 Å². The van der Waals surface area contributed by atoms with Gasteiger partial charge in [0.05, 0.1) is 12.2 Å². The molecule has 1 amide bonds. The predicted molar refractivity (Wildman–Crippen MR) is 179 cm³/mol. The molecule has 0 aromatic heterocycles. The van der Waals surface area contributed by atoms with Crippen LogP contribution in [0.15, 0.2) is 95.0 Å². The zero-order valence-corrected chi connectivity index (χ0v) is 27.4. The lowest BCUT2D eigenvalue weighted by Crippen LogP contribution is -2.53. The van der Waals surface area contributed by atoms with Gasteiger partial charge in [0, 0.05) is 57.8 Å². The lowest BCUT2D eigenvalue weighted by molar-refractivity contribution is -0.138. The van der Waals surface area contributed by atoms with Gasteiger partial charge in [-0.1, -0.05) is 58.6 Å². The Labute approximate surface area is 293 Å². The molecule has 4 aromatic carbocycles. The number of aliphatic imine (C=N–C) groups is 1. The molecule has 0 saturated carbocycles. The maximum atomic E-state index is 14.4. The number of hydrazine groups is 1. The molecule has 5 rings (SSSR count). The van der Waals surface area contributed by atoms with Crippen molar-refractivity contribution in [3.05, 3.63) is 139 Å². The van der Waals surface area contributed by atoms with Gasteiger partial charge in [-0.2, -0.15) is 13.2 Å². The van der Waals surface area contributed by atoms with E-state index in [1.54, 1.807) is 60.7 Å². The number of ether oxygens (including phenoxy) is 2. The summed E-state index contributed by atoms with van der Waals surface area (Å²) in [5.41, 5.74) is 12.6. The van der Waals surface area contributed by atoms with E-state index < -0.39 is 35.1 Å². The van der Waals surface area contributed by atoms with Crippen LogP contribution in [0, 0.1) is 5.82 Å². The average Bonchev–Trinajstić information content (AvgIpc) is 3.45. The van der Waals surface area contributed by atoms with Crippen molar-refractivity contribution in [3.63, 3.8) is 0 Å². The van der Waals surface area contributed by atoms with Crippen molar-refractivity contribution in [2.45, 2.75) is 37.2 Å². The Balaban J connectivity index is 1.57. The first-order valence-corrected chi connectivity index (χ1v) is 15.8. The number of amides is 1. The number of benzene rings is 4. The number of nitrogens with zero attached hydrogens (tertiary/aromatic N) is 4. The fourth-order valence-corrected chi connectivity index (χ4v) is 5.83. The fraction of sp³-hybridized carbons (Fsp3) is 0.235. The quantitative estimate of drug-likeness (QED) is 0.0318. The minimum atomic E-state index is -4.79. The van der Waals surface area contributed by atoms with Crippen LogP contribution in [0.5, 0.6) is 5.75 Å². The Morgan fingerprint density at radius 1 is 1.08 bits per heavy atom. The predicted octanol–water partition coefficient (Wildman–Crippen LogP) is 8.17. The van der Waals surface area contributed by atoms with E-state index in [0.717, 1.165) is 12.1 Å². The number of halogens is 6. The number of aliphatic hydroxyl groups excluding tert-OH is 1. The zero-order valence-electron chi connectivity index (χ0n) is 25.9. The number of rotatable bonds is 13. The van der Waals surface area contributed by atoms with Crippen molar-refractivity contribution in [1.82, 2.24) is 10.9 Å². The highest BCUT2D eigenvalue weighted by Gasteiger charge is 2.54. The summed E-state index contributed by atoms with van der Waals surface area (Å²) in [5, 5.41) is 13.3. The number of hydrogen-bond acceptors (Lipinski definition) is 7. The first-order chi connectivity index (χ1) is 23.9. The normalized spacial score (nSPS) is 17.0. The first kappa shape index (κ1) is 36.4. The van der Waals surface area contributed by atoms with Crippen LogP contribution >= 0.6 is 23.2 Å². The number of carbonyl (C=O) groups is 1. The van der Waals surface area contributed by atoms with Crippen LogP contribution < -0.4 is 15.6 Å². The standard InChI is InChI=1S/C34H28Cl2F4N6O4/c35-24-8-11-27(28(36)17-24)30-33(18-22-4-1-2-5-29(22)44-46-41,43-31(50-30)21-6-9-26(10-7-21)49-13-3-12-47)32(48)45-42-19-20-14-23(34(38,39)40)16-25(37)15-20/h1-2,4-11,14-17,30,42,47H,3,12-13,18-19H2,(H,45,48)/t30-,33-/m0/s1. The number of aliphatic hydroxyl groups is 1. The van der Waals surface area contributed by atoms with Crippen LogP contribution in [0.1, 0.15) is 40.3 Å². The SMILES string of the molecule is [N-]=[N+]=Nc1ccccc1C[C@]1(C(=O)NNCc2cc(F)cc(C(F)(F)F)c2)N=C(c2ccc(OCCCO)cc2)O[C@H]1c1ccc(Cl)cc1Cl. The minimum Gasteiger partial charge on any atom is -0.494 e. The third-order valence-corrected chi connectivity index (χ3v) is 8.22. The van der Waals surface area contributed by atoms with Crippen LogP contribution in [-0.2, 0) is 28.7 Å². The topological polar surface area (TPSA) is 141 Å². The molecule has 1 heterocycles. The summed E-state index contributed by atoms with van der Waals surface area (Å²) in [6.45, 7) is -0.131.